The number of esters is 1. The average Bonchev–Trinajstić information content (AvgIpc) is 2.72. The fourth-order valence-corrected chi connectivity index (χ4v) is 1.46. The number of nitrogens with zero attached hydrogens (tertiary/aromatic N) is 3. The molecule has 7 nitrogen and oxygen atoms in total. The molecule has 0 radical (unpaired) electrons. The molecule has 1 atom stereocenters. The number of H-pyrrole nitrogens is 1. The van der Waals surface area contributed by atoms with E-state index in [-0.39, 0.29) is 11.1 Å². The van der Waals surface area contributed by atoms with Gasteiger partial charge in [-0.2, -0.15) is 0 Å². The first kappa shape index (κ1) is 10.3. The van der Waals surface area contributed by atoms with Crippen LogP contribution in [0.2, 0.25) is 0 Å². The molecule has 0 aliphatic carbocycles. The smallest absolute Gasteiger partial charge is 0.328 e. The molecule has 0 saturated carbocycles. The summed E-state index contributed by atoms with van der Waals surface area (Å²) in [6.07, 6.45) is 2.67. The number of aromatic nitrogens is 4. The minimum Gasteiger partial charge on any atom is -0.467 e. The molecule has 0 aliphatic rings. The van der Waals surface area contributed by atoms with Crippen molar-refractivity contribution in [2.45, 2.75) is 13.0 Å². The zero-order valence-electron chi connectivity index (χ0n) is 8.80. The summed E-state index contributed by atoms with van der Waals surface area (Å²) in [6.45, 7) is 1.62. The number of aromatic amines is 1. The largest absolute Gasteiger partial charge is 0.467 e. The number of imidazole rings is 1. The number of rotatable bonds is 2. The molecule has 1 N–H and O–H groups in total. The molecule has 2 aromatic heterocycles. The number of hydrogen-bond acceptors (Lipinski definition) is 5. The van der Waals surface area contributed by atoms with E-state index < -0.39 is 12.0 Å². The lowest BCUT2D eigenvalue weighted by Gasteiger charge is -2.10. The Kier molecular flexibility index (Phi) is 2.43. The van der Waals surface area contributed by atoms with E-state index in [4.69, 9.17) is 0 Å². The molecule has 7 heteroatoms. The molecule has 16 heavy (non-hydrogen) atoms. The van der Waals surface area contributed by atoms with Crippen molar-refractivity contribution in [2.24, 2.45) is 0 Å². The number of methoxy groups -OCH3 is 1. The lowest BCUT2D eigenvalue weighted by molar-refractivity contribution is -0.143. The average molecular weight is 222 g/mol. The van der Waals surface area contributed by atoms with Crippen LogP contribution >= 0.6 is 0 Å². The van der Waals surface area contributed by atoms with E-state index in [2.05, 4.69) is 19.7 Å². The zero-order valence-corrected chi connectivity index (χ0v) is 8.80. The minimum absolute atomic E-state index is 0.264. The van der Waals surface area contributed by atoms with Crippen molar-refractivity contribution in [1.82, 2.24) is 19.5 Å². The van der Waals surface area contributed by atoms with Gasteiger partial charge in [-0.25, -0.2) is 14.8 Å². The van der Waals surface area contributed by atoms with Crippen LogP contribution in [-0.2, 0) is 9.53 Å². The third kappa shape index (κ3) is 1.46. The van der Waals surface area contributed by atoms with E-state index in [1.807, 2.05) is 0 Å². The molecule has 0 amide bonds. The van der Waals surface area contributed by atoms with Gasteiger partial charge in [0.15, 0.2) is 11.2 Å². The Hall–Kier alpha value is -2.18. The van der Waals surface area contributed by atoms with Gasteiger partial charge in [-0.05, 0) is 6.92 Å². The van der Waals surface area contributed by atoms with Crippen LogP contribution < -0.4 is 5.56 Å². The van der Waals surface area contributed by atoms with E-state index in [9.17, 15) is 9.59 Å². The summed E-state index contributed by atoms with van der Waals surface area (Å²) in [6, 6.07) is -0.611. The maximum absolute atomic E-state index is 11.6. The van der Waals surface area contributed by atoms with E-state index >= 15 is 0 Å². The van der Waals surface area contributed by atoms with E-state index in [0.717, 1.165) is 0 Å². The number of carbonyl (C=O) groups excluding carboxylic acids is 1. The SMILES string of the molecule is COC(=O)C(C)n1cnc2nc[nH]c(=O)c21. The fourth-order valence-electron chi connectivity index (χ4n) is 1.46. The molecule has 2 heterocycles. The van der Waals surface area contributed by atoms with Gasteiger partial charge in [0.05, 0.1) is 19.8 Å². The zero-order chi connectivity index (χ0) is 11.7. The third-order valence-electron chi connectivity index (χ3n) is 2.33. The summed E-state index contributed by atoms with van der Waals surface area (Å²) < 4.78 is 6.04. The Bertz CT molecular complexity index is 586. The van der Waals surface area contributed by atoms with E-state index in [1.54, 1.807) is 6.92 Å². The maximum atomic E-state index is 11.6. The first-order chi connectivity index (χ1) is 7.65. The predicted molar refractivity (Wildman–Crippen MR) is 54.9 cm³/mol. The van der Waals surface area contributed by atoms with Gasteiger partial charge in [0.1, 0.15) is 6.04 Å². The molecule has 84 valence electrons. The Labute approximate surface area is 90.1 Å². The molecule has 0 fully saturated rings. The van der Waals surface area contributed by atoms with Gasteiger partial charge in [0.2, 0.25) is 0 Å². The van der Waals surface area contributed by atoms with Crippen LogP contribution in [0.5, 0.6) is 0 Å². The van der Waals surface area contributed by atoms with Crippen molar-refractivity contribution < 1.29 is 9.53 Å². The molecule has 0 saturated heterocycles. The van der Waals surface area contributed by atoms with Gasteiger partial charge in [-0.3, -0.25) is 4.79 Å². The van der Waals surface area contributed by atoms with Crippen molar-refractivity contribution in [3.05, 3.63) is 23.0 Å². The second-order valence-electron chi connectivity index (χ2n) is 3.25. The Balaban J connectivity index is 2.62. The Morgan fingerprint density at radius 3 is 3.00 bits per heavy atom. The number of nitrogens with one attached hydrogen (secondary N) is 1. The molecule has 0 bridgehead atoms. The number of fused-ring (bicyclic) bond motifs is 1. The van der Waals surface area contributed by atoms with Gasteiger partial charge in [-0.15, -0.1) is 0 Å². The Morgan fingerprint density at radius 1 is 1.56 bits per heavy atom. The van der Waals surface area contributed by atoms with Gasteiger partial charge < -0.3 is 14.3 Å². The van der Waals surface area contributed by atoms with Crippen molar-refractivity contribution >= 4 is 17.1 Å². The normalized spacial score (nSPS) is 12.6. The van der Waals surface area contributed by atoms with Gasteiger partial charge in [0, 0.05) is 0 Å². The topological polar surface area (TPSA) is 89.9 Å². The summed E-state index contributed by atoms with van der Waals surface area (Å²) in [5, 5.41) is 0. The van der Waals surface area contributed by atoms with Crippen molar-refractivity contribution in [1.29, 1.82) is 0 Å². The highest BCUT2D eigenvalue weighted by Gasteiger charge is 2.19. The van der Waals surface area contributed by atoms with Crippen molar-refractivity contribution in [3.63, 3.8) is 0 Å². The van der Waals surface area contributed by atoms with Crippen LogP contribution in [0.25, 0.3) is 11.2 Å². The highest BCUT2D eigenvalue weighted by atomic mass is 16.5. The van der Waals surface area contributed by atoms with Crippen molar-refractivity contribution in [3.8, 4) is 0 Å². The summed E-state index contributed by atoms with van der Waals surface area (Å²) in [5.74, 6) is -0.442. The molecule has 0 aliphatic heterocycles. The maximum Gasteiger partial charge on any atom is 0.328 e. The van der Waals surface area contributed by atoms with Gasteiger partial charge >= 0.3 is 5.97 Å². The molecule has 2 rings (SSSR count). The molecule has 0 spiro atoms. The summed E-state index contributed by atoms with van der Waals surface area (Å²) >= 11 is 0. The lowest BCUT2D eigenvalue weighted by Crippen LogP contribution is -2.20. The van der Waals surface area contributed by atoms with E-state index in [0.29, 0.717) is 5.65 Å². The quantitative estimate of drug-likeness (QED) is 0.714. The number of carbonyl (C=O) groups is 1. The van der Waals surface area contributed by atoms with Gasteiger partial charge in [0.25, 0.3) is 5.56 Å². The second-order valence-corrected chi connectivity index (χ2v) is 3.25. The van der Waals surface area contributed by atoms with Crippen LogP contribution in [0, 0.1) is 0 Å². The summed E-state index contributed by atoms with van der Waals surface area (Å²) in [7, 11) is 1.29. The number of hydrogen-bond donors (Lipinski definition) is 1. The Morgan fingerprint density at radius 2 is 2.31 bits per heavy atom. The molecular weight excluding hydrogens is 212 g/mol. The van der Waals surface area contributed by atoms with Crippen molar-refractivity contribution in [2.75, 3.05) is 7.11 Å². The first-order valence-corrected chi connectivity index (χ1v) is 4.63. The highest BCUT2D eigenvalue weighted by molar-refractivity contribution is 5.77. The van der Waals surface area contributed by atoms with Crippen LogP contribution in [-0.4, -0.2) is 32.6 Å². The molecule has 1 unspecified atom stereocenters. The third-order valence-corrected chi connectivity index (χ3v) is 2.33. The minimum atomic E-state index is -0.611. The number of ether oxygens (including phenoxy) is 1. The van der Waals surface area contributed by atoms with Gasteiger partial charge in [-0.1, -0.05) is 0 Å². The molecule has 0 aromatic carbocycles. The summed E-state index contributed by atoms with van der Waals surface area (Å²) in [4.78, 5) is 33.2. The van der Waals surface area contributed by atoms with Crippen LogP contribution in [0.15, 0.2) is 17.4 Å². The second kappa shape index (κ2) is 3.76. The van der Waals surface area contributed by atoms with Crippen LogP contribution in [0.1, 0.15) is 13.0 Å². The predicted octanol–water partition coefficient (Wildman–Crippen LogP) is -0.146. The van der Waals surface area contributed by atoms with Crippen LogP contribution in [0.3, 0.4) is 0 Å². The lowest BCUT2D eigenvalue weighted by atomic mass is 10.3. The van der Waals surface area contributed by atoms with Crippen LogP contribution in [0.4, 0.5) is 0 Å². The van der Waals surface area contributed by atoms with E-state index in [1.165, 1.54) is 24.3 Å². The molecular formula is C9H10N4O3. The standard InChI is InChI=1S/C9H10N4O3/c1-5(9(15)16-2)13-4-12-7-6(13)8(14)11-3-10-7/h3-5H,1-2H3,(H,10,11,14). The first-order valence-electron chi connectivity index (χ1n) is 4.63. The summed E-state index contributed by atoms with van der Waals surface area (Å²) in [5.41, 5.74) is 0.234. The molecule has 2 aromatic rings. The monoisotopic (exact) mass is 222 g/mol. The fraction of sp³-hybridized carbons (Fsp3) is 0.333. The highest BCUT2D eigenvalue weighted by Crippen LogP contribution is 2.13.